The van der Waals surface area contributed by atoms with Gasteiger partial charge in [0.25, 0.3) is 0 Å². The SMILES string of the molecule is CNOC(=O)CCCc1ccc(Cl)cc1.[H-].[Na+]. The number of benzene rings is 1. The zero-order valence-electron chi connectivity index (χ0n) is 10.6. The smallest absolute Gasteiger partial charge is 1.00 e. The Hall–Kier alpha value is -0.0600. The molecule has 1 N–H and O–H groups in total. The van der Waals surface area contributed by atoms with Gasteiger partial charge in [0.15, 0.2) is 0 Å². The van der Waals surface area contributed by atoms with Crippen LogP contribution < -0.4 is 35.0 Å². The van der Waals surface area contributed by atoms with Gasteiger partial charge in [0, 0.05) is 18.5 Å². The van der Waals surface area contributed by atoms with Gasteiger partial charge in [-0.3, -0.25) is 4.79 Å². The quantitative estimate of drug-likeness (QED) is 0.564. The van der Waals surface area contributed by atoms with Gasteiger partial charge in [-0.2, -0.15) is 5.48 Å². The van der Waals surface area contributed by atoms with Crippen LogP contribution in [0.3, 0.4) is 0 Å². The fourth-order valence-corrected chi connectivity index (χ4v) is 1.38. The van der Waals surface area contributed by atoms with Crippen LogP contribution in [-0.4, -0.2) is 13.0 Å². The van der Waals surface area contributed by atoms with E-state index in [1.807, 2.05) is 24.3 Å². The van der Waals surface area contributed by atoms with Crippen molar-refractivity contribution in [2.24, 2.45) is 0 Å². The van der Waals surface area contributed by atoms with Gasteiger partial charge in [0.2, 0.25) is 0 Å². The van der Waals surface area contributed by atoms with Gasteiger partial charge >= 0.3 is 35.5 Å². The first-order valence-electron chi connectivity index (χ1n) is 4.83. The molecule has 5 heteroatoms. The number of rotatable bonds is 5. The first-order valence-corrected chi connectivity index (χ1v) is 5.21. The molecule has 0 bridgehead atoms. The summed E-state index contributed by atoms with van der Waals surface area (Å²) in [4.78, 5) is 15.6. The van der Waals surface area contributed by atoms with Gasteiger partial charge in [-0.1, -0.05) is 23.7 Å². The Kier molecular flexibility index (Phi) is 8.99. The Labute approximate surface area is 124 Å². The van der Waals surface area contributed by atoms with Crippen LogP contribution in [0.15, 0.2) is 24.3 Å². The first kappa shape index (κ1) is 15.9. The van der Waals surface area contributed by atoms with E-state index in [1.165, 1.54) is 5.56 Å². The molecule has 0 radical (unpaired) electrons. The Balaban J connectivity index is 0. The minimum Gasteiger partial charge on any atom is -1.00 e. The molecule has 0 saturated heterocycles. The number of hydrogen-bond acceptors (Lipinski definition) is 3. The zero-order valence-corrected chi connectivity index (χ0v) is 12.4. The van der Waals surface area contributed by atoms with E-state index in [0.717, 1.165) is 17.9 Å². The van der Waals surface area contributed by atoms with Crippen LogP contribution in [0.2, 0.25) is 5.02 Å². The molecule has 1 rings (SSSR count). The summed E-state index contributed by atoms with van der Waals surface area (Å²) in [5, 5.41) is 0.730. The molecule has 1 aromatic rings. The Morgan fingerprint density at radius 1 is 1.44 bits per heavy atom. The van der Waals surface area contributed by atoms with E-state index >= 15 is 0 Å². The molecule has 0 amide bonds. The Morgan fingerprint density at radius 2 is 2.06 bits per heavy atom. The number of carbonyl (C=O) groups is 1. The molecule has 0 unspecified atom stereocenters. The maximum atomic E-state index is 11.0. The van der Waals surface area contributed by atoms with Crippen molar-refractivity contribution in [3.63, 3.8) is 0 Å². The summed E-state index contributed by atoms with van der Waals surface area (Å²) < 4.78 is 0. The standard InChI is InChI=1S/C11H14ClNO2.Na.H/c1-13-15-11(14)4-2-3-9-5-7-10(12)8-6-9;;/h5-8,13H,2-4H2,1H3;;/q;+1;-1. The minimum absolute atomic E-state index is 0. The van der Waals surface area contributed by atoms with Gasteiger partial charge in [0.1, 0.15) is 0 Å². The Bertz CT molecular complexity index is 322. The van der Waals surface area contributed by atoms with Crippen molar-refractivity contribution in [1.29, 1.82) is 0 Å². The van der Waals surface area contributed by atoms with E-state index in [4.69, 9.17) is 11.6 Å². The average molecular weight is 252 g/mol. The fraction of sp³-hybridized carbons (Fsp3) is 0.364. The molecule has 0 aliphatic heterocycles. The molecule has 0 saturated carbocycles. The third-order valence-corrected chi connectivity index (χ3v) is 2.23. The van der Waals surface area contributed by atoms with Crippen LogP contribution in [0.4, 0.5) is 0 Å². The number of nitrogens with one attached hydrogen (secondary N) is 1. The molecular formula is C11H15ClNNaO2. The number of hydrogen-bond donors (Lipinski definition) is 1. The molecule has 84 valence electrons. The largest absolute Gasteiger partial charge is 1.00 e. The maximum Gasteiger partial charge on any atom is 1.00 e. The van der Waals surface area contributed by atoms with Gasteiger partial charge in [-0.05, 0) is 30.5 Å². The molecular weight excluding hydrogens is 237 g/mol. The number of halogens is 1. The van der Waals surface area contributed by atoms with Gasteiger partial charge in [-0.25, -0.2) is 0 Å². The zero-order chi connectivity index (χ0) is 11.1. The van der Waals surface area contributed by atoms with Crippen LogP contribution in [0.1, 0.15) is 19.8 Å². The van der Waals surface area contributed by atoms with E-state index in [-0.39, 0.29) is 37.0 Å². The summed E-state index contributed by atoms with van der Waals surface area (Å²) in [6, 6.07) is 7.63. The molecule has 1 aromatic carbocycles. The van der Waals surface area contributed by atoms with Crippen molar-refractivity contribution in [2.75, 3.05) is 7.05 Å². The van der Waals surface area contributed by atoms with Crippen molar-refractivity contribution in [3.05, 3.63) is 34.9 Å². The second kappa shape index (κ2) is 9.02. The topological polar surface area (TPSA) is 38.3 Å². The van der Waals surface area contributed by atoms with Crippen molar-refractivity contribution < 1.29 is 40.6 Å². The van der Waals surface area contributed by atoms with Gasteiger partial charge in [0.05, 0.1) is 0 Å². The Morgan fingerprint density at radius 3 is 2.62 bits per heavy atom. The molecule has 3 nitrogen and oxygen atoms in total. The van der Waals surface area contributed by atoms with Crippen LogP contribution >= 0.6 is 11.6 Å². The van der Waals surface area contributed by atoms with E-state index in [9.17, 15) is 4.79 Å². The monoisotopic (exact) mass is 251 g/mol. The number of carbonyl (C=O) groups excluding carboxylic acids is 1. The second-order valence-corrected chi connectivity index (χ2v) is 3.59. The van der Waals surface area contributed by atoms with Crippen LogP contribution in [0.5, 0.6) is 0 Å². The summed E-state index contributed by atoms with van der Waals surface area (Å²) in [7, 11) is 1.57. The van der Waals surface area contributed by atoms with E-state index in [2.05, 4.69) is 10.3 Å². The third kappa shape index (κ3) is 6.51. The number of aryl methyl sites for hydroxylation is 1. The van der Waals surface area contributed by atoms with Crippen molar-refractivity contribution in [1.82, 2.24) is 5.48 Å². The van der Waals surface area contributed by atoms with Crippen LogP contribution in [0, 0.1) is 0 Å². The summed E-state index contributed by atoms with van der Waals surface area (Å²) in [5.41, 5.74) is 3.53. The summed E-state index contributed by atoms with van der Waals surface area (Å²) >= 11 is 5.76. The van der Waals surface area contributed by atoms with Crippen molar-refractivity contribution >= 4 is 17.6 Å². The van der Waals surface area contributed by atoms with Gasteiger partial charge in [-0.15, -0.1) is 0 Å². The van der Waals surface area contributed by atoms with E-state index in [1.54, 1.807) is 7.05 Å². The predicted molar refractivity (Wildman–Crippen MR) is 60.7 cm³/mol. The summed E-state index contributed by atoms with van der Waals surface area (Å²) in [5.74, 6) is -0.230. The number of hydroxylamine groups is 1. The normalized spacial score (nSPS) is 9.38. The van der Waals surface area contributed by atoms with Crippen molar-refractivity contribution in [2.45, 2.75) is 19.3 Å². The average Bonchev–Trinajstić information content (AvgIpc) is 2.21. The molecule has 0 atom stereocenters. The minimum atomic E-state index is -0.230. The van der Waals surface area contributed by atoms with Crippen LogP contribution in [-0.2, 0) is 16.1 Å². The first-order chi connectivity index (χ1) is 7.22. The molecule has 0 aliphatic carbocycles. The molecule has 0 fully saturated rings. The third-order valence-electron chi connectivity index (χ3n) is 1.98. The molecule has 0 heterocycles. The van der Waals surface area contributed by atoms with Crippen LogP contribution in [0.25, 0.3) is 0 Å². The summed E-state index contributed by atoms with van der Waals surface area (Å²) in [6.45, 7) is 0. The molecule has 0 spiro atoms. The molecule has 0 aliphatic rings. The van der Waals surface area contributed by atoms with Crippen molar-refractivity contribution in [3.8, 4) is 0 Å². The predicted octanol–water partition coefficient (Wildman–Crippen LogP) is -0.543. The van der Waals surface area contributed by atoms with E-state index in [0.29, 0.717) is 6.42 Å². The van der Waals surface area contributed by atoms with E-state index < -0.39 is 0 Å². The second-order valence-electron chi connectivity index (χ2n) is 3.16. The molecule has 0 aromatic heterocycles. The van der Waals surface area contributed by atoms with Gasteiger partial charge < -0.3 is 6.26 Å². The maximum absolute atomic E-state index is 11.0. The fourth-order valence-electron chi connectivity index (χ4n) is 1.25. The summed E-state index contributed by atoms with van der Waals surface area (Å²) in [6.07, 6.45) is 2.06. The molecule has 16 heavy (non-hydrogen) atoms.